The number of methoxy groups -OCH3 is 2. The third-order valence-electron chi connectivity index (χ3n) is 10.3. The molecule has 0 amide bonds. The van der Waals surface area contributed by atoms with E-state index in [2.05, 4.69) is 206 Å². The zero-order chi connectivity index (χ0) is 39.5. The lowest BCUT2D eigenvalue weighted by Crippen LogP contribution is -1.92. The first-order valence-electron chi connectivity index (χ1n) is 19.6. The minimum absolute atomic E-state index is 0.821. The standard InChI is InChI=1S/C56H44O2/c1-57-54-37-41(31-35-50(54)39-52(43-17-7-3-8-18-43)44-19-9-4-10-20-44)29-33-48-27-15-25-47-26-16-28-49(56(47)48)34-30-42-32-36-51(55(38-42)58-2)40-53(45-21-11-5-12-22-45)46-23-13-6-14-24-46/h3-40H,1-2H3. The molecule has 0 fully saturated rings. The summed E-state index contributed by atoms with van der Waals surface area (Å²) in [5.41, 5.74) is 13.4. The molecule has 8 rings (SSSR count). The van der Waals surface area contributed by atoms with Crippen LogP contribution in [0.25, 0.3) is 58.4 Å². The molecule has 0 spiro atoms. The summed E-state index contributed by atoms with van der Waals surface area (Å²) in [6, 6.07) is 67.7. The van der Waals surface area contributed by atoms with E-state index in [0.29, 0.717) is 0 Å². The van der Waals surface area contributed by atoms with Crippen molar-refractivity contribution in [3.63, 3.8) is 0 Å². The van der Waals surface area contributed by atoms with E-state index in [1.807, 2.05) is 24.3 Å². The van der Waals surface area contributed by atoms with Gasteiger partial charge in [-0.2, -0.15) is 0 Å². The maximum absolute atomic E-state index is 5.96. The van der Waals surface area contributed by atoms with Crippen molar-refractivity contribution in [2.45, 2.75) is 0 Å². The lowest BCUT2D eigenvalue weighted by molar-refractivity contribution is 0.413. The quantitative estimate of drug-likeness (QED) is 0.116. The number of fused-ring (bicyclic) bond motifs is 1. The van der Waals surface area contributed by atoms with Gasteiger partial charge in [0.15, 0.2) is 0 Å². The van der Waals surface area contributed by atoms with Gasteiger partial charge in [0, 0.05) is 11.1 Å². The Balaban J connectivity index is 1.09. The Morgan fingerprint density at radius 2 is 0.707 bits per heavy atom. The van der Waals surface area contributed by atoms with Gasteiger partial charge in [-0.15, -0.1) is 0 Å². The highest BCUT2D eigenvalue weighted by Crippen LogP contribution is 2.33. The van der Waals surface area contributed by atoms with Crippen molar-refractivity contribution in [3.05, 3.63) is 250 Å². The molecule has 0 aliphatic carbocycles. The van der Waals surface area contributed by atoms with Crippen LogP contribution in [0.1, 0.15) is 55.6 Å². The highest BCUT2D eigenvalue weighted by molar-refractivity contribution is 6.00. The minimum atomic E-state index is 0.821. The minimum Gasteiger partial charge on any atom is -0.496 e. The summed E-state index contributed by atoms with van der Waals surface area (Å²) in [7, 11) is 3.47. The molecule has 0 unspecified atom stereocenters. The molecule has 0 aliphatic heterocycles. The third kappa shape index (κ3) is 8.68. The maximum atomic E-state index is 5.96. The van der Waals surface area contributed by atoms with E-state index in [9.17, 15) is 0 Å². The van der Waals surface area contributed by atoms with E-state index in [-0.39, 0.29) is 0 Å². The average Bonchev–Trinajstić information content (AvgIpc) is 3.30. The van der Waals surface area contributed by atoms with E-state index in [1.165, 1.54) is 10.8 Å². The maximum Gasteiger partial charge on any atom is 0.126 e. The molecular weight excluding hydrogens is 705 g/mol. The smallest absolute Gasteiger partial charge is 0.126 e. The molecule has 0 aromatic heterocycles. The summed E-state index contributed by atoms with van der Waals surface area (Å²) in [6.07, 6.45) is 13.2. The fourth-order valence-electron chi connectivity index (χ4n) is 7.40. The first-order chi connectivity index (χ1) is 28.7. The summed E-state index contributed by atoms with van der Waals surface area (Å²) < 4.78 is 11.9. The molecule has 0 saturated carbocycles. The summed E-state index contributed by atoms with van der Waals surface area (Å²) in [5.74, 6) is 1.64. The topological polar surface area (TPSA) is 18.5 Å². The number of hydrogen-bond donors (Lipinski definition) is 0. The van der Waals surface area contributed by atoms with Crippen molar-refractivity contribution in [1.29, 1.82) is 0 Å². The van der Waals surface area contributed by atoms with Crippen LogP contribution >= 0.6 is 0 Å². The molecule has 0 bridgehead atoms. The fourth-order valence-corrected chi connectivity index (χ4v) is 7.40. The van der Waals surface area contributed by atoms with Gasteiger partial charge in [-0.1, -0.05) is 206 Å². The van der Waals surface area contributed by atoms with E-state index in [1.54, 1.807) is 14.2 Å². The zero-order valence-corrected chi connectivity index (χ0v) is 32.8. The zero-order valence-electron chi connectivity index (χ0n) is 32.8. The second-order valence-corrected chi connectivity index (χ2v) is 14.0. The number of hydrogen-bond acceptors (Lipinski definition) is 2. The monoisotopic (exact) mass is 748 g/mol. The van der Waals surface area contributed by atoms with Gasteiger partial charge in [0.05, 0.1) is 14.2 Å². The molecule has 0 radical (unpaired) electrons. The number of ether oxygens (including phenoxy) is 2. The Morgan fingerprint density at radius 1 is 0.345 bits per heavy atom. The predicted molar refractivity (Wildman–Crippen MR) is 248 cm³/mol. The number of rotatable bonds is 12. The molecule has 8 aromatic carbocycles. The van der Waals surface area contributed by atoms with Crippen molar-refractivity contribution in [2.24, 2.45) is 0 Å². The SMILES string of the molecule is COc1cc(C=Cc2cccc3cccc(C=Cc4ccc(C=C(c5ccccc5)c5ccccc5)c(OC)c4)c23)ccc1C=C(c1ccccc1)c1ccccc1. The molecule has 2 nitrogen and oxygen atoms in total. The van der Waals surface area contributed by atoms with E-state index < -0.39 is 0 Å². The van der Waals surface area contributed by atoms with Crippen LogP contribution in [0.5, 0.6) is 11.5 Å². The molecule has 2 heteroatoms. The molecular formula is C56H44O2. The number of benzene rings is 8. The fraction of sp³-hybridized carbons (Fsp3) is 0.0357. The first kappa shape index (κ1) is 37.5. The van der Waals surface area contributed by atoms with Gasteiger partial charge < -0.3 is 9.47 Å². The van der Waals surface area contributed by atoms with Crippen LogP contribution in [0.2, 0.25) is 0 Å². The van der Waals surface area contributed by atoms with Gasteiger partial charge in [-0.3, -0.25) is 0 Å². The van der Waals surface area contributed by atoms with Crippen molar-refractivity contribution < 1.29 is 9.47 Å². The molecule has 0 heterocycles. The van der Waals surface area contributed by atoms with Crippen LogP contribution < -0.4 is 9.47 Å². The third-order valence-corrected chi connectivity index (χ3v) is 10.3. The summed E-state index contributed by atoms with van der Waals surface area (Å²) in [6.45, 7) is 0. The Hall–Kier alpha value is -7.42. The highest BCUT2D eigenvalue weighted by Gasteiger charge is 2.11. The molecule has 0 saturated heterocycles. The highest BCUT2D eigenvalue weighted by atomic mass is 16.5. The Bertz CT molecular complexity index is 2490. The van der Waals surface area contributed by atoms with Crippen molar-refractivity contribution >= 4 is 58.4 Å². The normalized spacial score (nSPS) is 11.1. The largest absolute Gasteiger partial charge is 0.496 e. The predicted octanol–water partition coefficient (Wildman–Crippen LogP) is 14.4. The first-order valence-corrected chi connectivity index (χ1v) is 19.6. The van der Waals surface area contributed by atoms with Crippen LogP contribution in [-0.2, 0) is 0 Å². The second-order valence-electron chi connectivity index (χ2n) is 14.0. The van der Waals surface area contributed by atoms with Gasteiger partial charge in [-0.05, 0) is 90.7 Å². The summed E-state index contributed by atoms with van der Waals surface area (Å²) in [4.78, 5) is 0. The molecule has 8 aromatic rings. The Morgan fingerprint density at radius 3 is 1.05 bits per heavy atom. The van der Waals surface area contributed by atoms with Crippen molar-refractivity contribution in [1.82, 2.24) is 0 Å². The van der Waals surface area contributed by atoms with E-state index in [4.69, 9.17) is 9.47 Å². The molecule has 0 aliphatic rings. The Labute approximate surface area is 342 Å². The van der Waals surface area contributed by atoms with Gasteiger partial charge in [-0.25, -0.2) is 0 Å². The van der Waals surface area contributed by atoms with E-state index in [0.717, 1.165) is 78.3 Å². The van der Waals surface area contributed by atoms with Crippen LogP contribution in [0, 0.1) is 0 Å². The van der Waals surface area contributed by atoms with E-state index >= 15 is 0 Å². The van der Waals surface area contributed by atoms with Crippen LogP contribution in [0.15, 0.2) is 194 Å². The van der Waals surface area contributed by atoms with Crippen molar-refractivity contribution in [3.8, 4) is 11.5 Å². The van der Waals surface area contributed by atoms with Crippen LogP contribution in [0.3, 0.4) is 0 Å². The molecule has 0 N–H and O–H groups in total. The molecule has 280 valence electrons. The summed E-state index contributed by atoms with van der Waals surface area (Å²) >= 11 is 0. The second kappa shape index (κ2) is 18.0. The molecule has 58 heavy (non-hydrogen) atoms. The van der Waals surface area contributed by atoms with Gasteiger partial charge in [0.25, 0.3) is 0 Å². The molecule has 0 atom stereocenters. The van der Waals surface area contributed by atoms with Crippen LogP contribution in [-0.4, -0.2) is 14.2 Å². The Kier molecular flexibility index (Phi) is 11.7. The average molecular weight is 749 g/mol. The van der Waals surface area contributed by atoms with Gasteiger partial charge in [0.2, 0.25) is 0 Å². The summed E-state index contributed by atoms with van der Waals surface area (Å²) in [5, 5.41) is 2.38. The van der Waals surface area contributed by atoms with Crippen LogP contribution in [0.4, 0.5) is 0 Å². The van der Waals surface area contributed by atoms with Gasteiger partial charge in [0.1, 0.15) is 11.5 Å². The lowest BCUT2D eigenvalue weighted by Gasteiger charge is -2.12. The lowest BCUT2D eigenvalue weighted by atomic mass is 9.95. The van der Waals surface area contributed by atoms with Gasteiger partial charge >= 0.3 is 0 Å². The van der Waals surface area contributed by atoms with Crippen molar-refractivity contribution in [2.75, 3.05) is 14.2 Å².